The molecule has 60 valence electrons. The van der Waals surface area contributed by atoms with Gasteiger partial charge in [0.15, 0.2) is 0 Å². The van der Waals surface area contributed by atoms with E-state index in [-0.39, 0.29) is 0 Å². The van der Waals surface area contributed by atoms with E-state index in [1.807, 2.05) is 6.07 Å². The molecule has 11 heavy (non-hydrogen) atoms. The molecule has 0 aromatic heterocycles. The quantitative estimate of drug-likeness (QED) is 0.523. The van der Waals surface area contributed by atoms with Crippen LogP contribution in [0.15, 0.2) is 30.3 Å². The lowest BCUT2D eigenvalue weighted by molar-refractivity contribution is 0.976. The third-order valence-corrected chi connectivity index (χ3v) is 2.34. The summed E-state index contributed by atoms with van der Waals surface area (Å²) >= 11 is 0. The number of nitrogens with one attached hydrogen (secondary N) is 1. The van der Waals surface area contributed by atoms with E-state index >= 15 is 0 Å². The average molecular weight is 165 g/mol. The SMILES string of the molecule is [SiH3]CCCNc1ccccc1. The van der Waals surface area contributed by atoms with Gasteiger partial charge in [0.05, 0.1) is 0 Å². The fraction of sp³-hybridized carbons (Fsp3) is 0.333. The summed E-state index contributed by atoms with van der Waals surface area (Å²) in [5, 5.41) is 3.37. The number of para-hydroxylation sites is 1. The molecule has 1 nitrogen and oxygen atoms in total. The molecule has 0 aliphatic carbocycles. The lowest BCUT2D eigenvalue weighted by atomic mass is 10.3. The minimum absolute atomic E-state index is 1.12. The van der Waals surface area contributed by atoms with Crippen molar-refractivity contribution in [1.82, 2.24) is 0 Å². The largest absolute Gasteiger partial charge is 0.385 e. The Kier molecular flexibility index (Phi) is 3.76. The van der Waals surface area contributed by atoms with Gasteiger partial charge in [-0.3, -0.25) is 0 Å². The molecule has 0 saturated heterocycles. The van der Waals surface area contributed by atoms with Crippen LogP contribution in [0.4, 0.5) is 5.69 Å². The van der Waals surface area contributed by atoms with Crippen LogP contribution in [0.3, 0.4) is 0 Å². The third kappa shape index (κ3) is 3.23. The first kappa shape index (κ1) is 8.33. The van der Waals surface area contributed by atoms with E-state index < -0.39 is 0 Å². The standard InChI is InChI=1S/C9H15NSi/c11-8-4-7-10-9-5-2-1-3-6-9/h1-3,5-6,10H,4,7-8H2,11H3. The van der Waals surface area contributed by atoms with Gasteiger partial charge in [0.2, 0.25) is 0 Å². The highest BCUT2D eigenvalue weighted by Crippen LogP contribution is 2.04. The van der Waals surface area contributed by atoms with E-state index in [9.17, 15) is 0 Å². The minimum Gasteiger partial charge on any atom is -0.385 e. The highest BCUT2D eigenvalue weighted by Gasteiger charge is 1.86. The number of hydrogen-bond acceptors (Lipinski definition) is 1. The summed E-state index contributed by atoms with van der Waals surface area (Å²) in [6.07, 6.45) is 1.31. The van der Waals surface area contributed by atoms with Crippen LogP contribution >= 0.6 is 0 Å². The van der Waals surface area contributed by atoms with E-state index in [1.54, 1.807) is 0 Å². The summed E-state index contributed by atoms with van der Waals surface area (Å²) in [4.78, 5) is 0. The molecule has 0 heterocycles. The molecular formula is C9H15NSi. The van der Waals surface area contributed by atoms with Crippen molar-refractivity contribution in [1.29, 1.82) is 0 Å². The number of anilines is 1. The van der Waals surface area contributed by atoms with Crippen molar-refractivity contribution >= 4 is 15.9 Å². The van der Waals surface area contributed by atoms with Crippen molar-refractivity contribution in [2.45, 2.75) is 12.5 Å². The van der Waals surface area contributed by atoms with Gasteiger partial charge in [-0.25, -0.2) is 0 Å². The molecule has 1 N–H and O–H groups in total. The van der Waals surface area contributed by atoms with Gasteiger partial charge in [-0.15, -0.1) is 0 Å². The molecule has 0 unspecified atom stereocenters. The van der Waals surface area contributed by atoms with Gasteiger partial charge in [0.25, 0.3) is 0 Å². The molecule has 1 aromatic carbocycles. The number of benzene rings is 1. The molecule has 0 atom stereocenters. The summed E-state index contributed by atoms with van der Waals surface area (Å²) in [6.45, 7) is 1.12. The van der Waals surface area contributed by atoms with Crippen LogP contribution in [0.2, 0.25) is 6.04 Å². The second-order valence-corrected chi connectivity index (χ2v) is 3.65. The average Bonchev–Trinajstić information content (AvgIpc) is 2.07. The monoisotopic (exact) mass is 165 g/mol. The highest BCUT2D eigenvalue weighted by atomic mass is 28.1. The smallest absolute Gasteiger partial charge is 0.0340 e. The van der Waals surface area contributed by atoms with Gasteiger partial charge >= 0.3 is 0 Å². The van der Waals surface area contributed by atoms with E-state index in [0.717, 1.165) is 6.54 Å². The van der Waals surface area contributed by atoms with Crippen molar-refractivity contribution in [3.05, 3.63) is 30.3 Å². The Labute approximate surface area is 71.2 Å². The third-order valence-electron chi connectivity index (χ3n) is 1.63. The van der Waals surface area contributed by atoms with Gasteiger partial charge in [-0.2, -0.15) is 0 Å². The maximum Gasteiger partial charge on any atom is 0.0340 e. The van der Waals surface area contributed by atoms with Crippen molar-refractivity contribution < 1.29 is 0 Å². The molecular weight excluding hydrogens is 150 g/mol. The minimum atomic E-state index is 1.12. The zero-order chi connectivity index (χ0) is 7.94. The zero-order valence-corrected chi connectivity index (χ0v) is 9.01. The highest BCUT2D eigenvalue weighted by molar-refractivity contribution is 6.08. The fourth-order valence-electron chi connectivity index (χ4n) is 0.966. The van der Waals surface area contributed by atoms with E-state index in [2.05, 4.69) is 29.6 Å². The van der Waals surface area contributed by atoms with Crippen LogP contribution < -0.4 is 5.32 Å². The van der Waals surface area contributed by atoms with E-state index in [4.69, 9.17) is 0 Å². The predicted octanol–water partition coefficient (Wildman–Crippen LogP) is 1.27. The Morgan fingerprint density at radius 2 is 1.91 bits per heavy atom. The molecule has 0 aliphatic heterocycles. The van der Waals surface area contributed by atoms with Gasteiger partial charge in [0, 0.05) is 22.5 Å². The first-order valence-electron chi connectivity index (χ1n) is 4.22. The van der Waals surface area contributed by atoms with Crippen LogP contribution in [0.1, 0.15) is 6.42 Å². The maximum absolute atomic E-state index is 3.37. The van der Waals surface area contributed by atoms with E-state index in [0.29, 0.717) is 0 Å². The first-order chi connectivity index (χ1) is 5.43. The zero-order valence-electron chi connectivity index (χ0n) is 7.01. The predicted molar refractivity (Wildman–Crippen MR) is 54.3 cm³/mol. The van der Waals surface area contributed by atoms with Gasteiger partial charge < -0.3 is 5.32 Å². The fourth-order valence-corrected chi connectivity index (χ4v) is 1.32. The molecule has 0 saturated carbocycles. The molecule has 0 radical (unpaired) electrons. The second kappa shape index (κ2) is 4.96. The molecule has 0 spiro atoms. The van der Waals surface area contributed by atoms with Crippen LogP contribution in [-0.2, 0) is 0 Å². The number of rotatable bonds is 4. The van der Waals surface area contributed by atoms with Crippen molar-refractivity contribution in [3.8, 4) is 0 Å². The molecule has 1 aromatic rings. The Balaban J connectivity index is 2.28. The van der Waals surface area contributed by atoms with Crippen LogP contribution in [0.25, 0.3) is 0 Å². The van der Waals surface area contributed by atoms with Crippen molar-refractivity contribution in [2.24, 2.45) is 0 Å². The molecule has 1 rings (SSSR count). The first-order valence-corrected chi connectivity index (χ1v) is 5.64. The Bertz CT molecular complexity index is 186. The molecule has 0 amide bonds. The lowest BCUT2D eigenvalue weighted by Crippen LogP contribution is -2.00. The van der Waals surface area contributed by atoms with Crippen LogP contribution in [0, 0.1) is 0 Å². The van der Waals surface area contributed by atoms with E-state index in [1.165, 1.54) is 28.4 Å². The summed E-state index contributed by atoms with van der Waals surface area (Å²) in [7, 11) is 1.33. The second-order valence-electron chi connectivity index (χ2n) is 2.65. The van der Waals surface area contributed by atoms with Crippen molar-refractivity contribution in [2.75, 3.05) is 11.9 Å². The van der Waals surface area contributed by atoms with Crippen LogP contribution in [-0.4, -0.2) is 16.8 Å². The Morgan fingerprint density at radius 1 is 1.18 bits per heavy atom. The topological polar surface area (TPSA) is 12.0 Å². The maximum atomic E-state index is 3.37. The molecule has 2 heteroatoms. The normalized spacial score (nSPS) is 9.82. The summed E-state index contributed by atoms with van der Waals surface area (Å²) in [6, 6.07) is 11.8. The van der Waals surface area contributed by atoms with Gasteiger partial charge in [-0.05, 0) is 18.6 Å². The van der Waals surface area contributed by atoms with Crippen LogP contribution in [0.5, 0.6) is 0 Å². The lowest BCUT2D eigenvalue weighted by Gasteiger charge is -2.03. The Hall–Kier alpha value is -0.763. The van der Waals surface area contributed by atoms with Gasteiger partial charge in [-0.1, -0.05) is 24.2 Å². The summed E-state index contributed by atoms with van der Waals surface area (Å²) in [5.74, 6) is 0. The Morgan fingerprint density at radius 3 is 2.55 bits per heavy atom. The molecule has 0 fully saturated rings. The molecule has 0 bridgehead atoms. The number of hydrogen-bond donors (Lipinski definition) is 1. The van der Waals surface area contributed by atoms with Gasteiger partial charge in [0.1, 0.15) is 0 Å². The van der Waals surface area contributed by atoms with Crippen molar-refractivity contribution in [3.63, 3.8) is 0 Å². The summed E-state index contributed by atoms with van der Waals surface area (Å²) < 4.78 is 0. The molecule has 0 aliphatic rings. The summed E-state index contributed by atoms with van der Waals surface area (Å²) in [5.41, 5.74) is 1.24.